The van der Waals surface area contributed by atoms with Crippen LogP contribution < -0.4 is 5.32 Å². The number of nitriles is 1. The van der Waals surface area contributed by atoms with Crippen molar-refractivity contribution in [1.29, 1.82) is 5.26 Å². The molecule has 3 nitrogen and oxygen atoms in total. The minimum absolute atomic E-state index is 0.141. The van der Waals surface area contributed by atoms with Crippen LogP contribution in [0.15, 0.2) is 18.2 Å². The minimum atomic E-state index is -0.141. The summed E-state index contributed by atoms with van der Waals surface area (Å²) < 4.78 is 0. The number of nitrogens with zero attached hydrogens (tertiary/aromatic N) is 1. The minimum Gasteiger partial charge on any atom is -0.393 e. The third-order valence-corrected chi connectivity index (χ3v) is 3.47. The quantitative estimate of drug-likeness (QED) is 0.849. The van der Waals surface area contributed by atoms with Crippen LogP contribution in [0.2, 0.25) is 5.02 Å². The first-order valence-corrected chi connectivity index (χ1v) is 6.21. The van der Waals surface area contributed by atoms with Gasteiger partial charge in [0.15, 0.2) is 0 Å². The van der Waals surface area contributed by atoms with Gasteiger partial charge in [-0.15, -0.1) is 0 Å². The molecule has 0 amide bonds. The van der Waals surface area contributed by atoms with E-state index in [0.29, 0.717) is 16.6 Å². The molecule has 17 heavy (non-hydrogen) atoms. The first-order chi connectivity index (χ1) is 8.19. The summed E-state index contributed by atoms with van der Waals surface area (Å²) in [5.41, 5.74) is 1.44. The SMILES string of the molecule is N#Cc1ccc(NC2CCC(O)CC2)cc1Cl. The van der Waals surface area contributed by atoms with Gasteiger partial charge in [0.05, 0.1) is 16.7 Å². The van der Waals surface area contributed by atoms with E-state index in [9.17, 15) is 5.11 Å². The lowest BCUT2D eigenvalue weighted by Crippen LogP contribution is -2.28. The van der Waals surface area contributed by atoms with Crippen molar-refractivity contribution in [2.24, 2.45) is 0 Å². The highest BCUT2D eigenvalue weighted by atomic mass is 35.5. The van der Waals surface area contributed by atoms with Gasteiger partial charge in [0.25, 0.3) is 0 Å². The van der Waals surface area contributed by atoms with Gasteiger partial charge in [-0.25, -0.2) is 0 Å². The molecule has 0 saturated heterocycles. The van der Waals surface area contributed by atoms with Gasteiger partial charge in [-0.3, -0.25) is 0 Å². The van der Waals surface area contributed by atoms with E-state index < -0.39 is 0 Å². The van der Waals surface area contributed by atoms with Crippen molar-refractivity contribution >= 4 is 17.3 Å². The van der Waals surface area contributed by atoms with Crippen molar-refractivity contribution in [3.05, 3.63) is 28.8 Å². The van der Waals surface area contributed by atoms with E-state index in [0.717, 1.165) is 31.4 Å². The second-order valence-corrected chi connectivity index (χ2v) is 4.86. The maximum atomic E-state index is 9.42. The Labute approximate surface area is 106 Å². The lowest BCUT2D eigenvalue weighted by molar-refractivity contribution is 0.126. The molecule has 0 atom stereocenters. The highest BCUT2D eigenvalue weighted by molar-refractivity contribution is 6.32. The molecule has 1 aliphatic carbocycles. The molecule has 0 radical (unpaired) electrons. The molecule has 90 valence electrons. The fourth-order valence-corrected chi connectivity index (χ4v) is 2.37. The van der Waals surface area contributed by atoms with Crippen molar-refractivity contribution in [1.82, 2.24) is 0 Å². The summed E-state index contributed by atoms with van der Waals surface area (Å²) in [6, 6.07) is 7.81. The van der Waals surface area contributed by atoms with Crippen LogP contribution in [0.25, 0.3) is 0 Å². The van der Waals surface area contributed by atoms with E-state index >= 15 is 0 Å². The number of hydrogen-bond donors (Lipinski definition) is 2. The van der Waals surface area contributed by atoms with Crippen LogP contribution in [0, 0.1) is 11.3 Å². The number of aliphatic hydroxyl groups is 1. The molecule has 1 aromatic carbocycles. The normalized spacial score (nSPS) is 24.1. The van der Waals surface area contributed by atoms with E-state index in [2.05, 4.69) is 5.32 Å². The number of benzene rings is 1. The topological polar surface area (TPSA) is 56.0 Å². The first-order valence-electron chi connectivity index (χ1n) is 5.83. The van der Waals surface area contributed by atoms with E-state index in [1.54, 1.807) is 12.1 Å². The zero-order valence-corrected chi connectivity index (χ0v) is 10.2. The second-order valence-electron chi connectivity index (χ2n) is 4.46. The fraction of sp³-hybridized carbons (Fsp3) is 0.462. The van der Waals surface area contributed by atoms with E-state index in [1.165, 1.54) is 0 Å². The molecule has 1 saturated carbocycles. The Bertz CT molecular complexity index is 434. The first kappa shape index (κ1) is 12.2. The van der Waals surface area contributed by atoms with E-state index in [1.807, 2.05) is 12.1 Å². The lowest BCUT2D eigenvalue weighted by atomic mass is 9.93. The molecule has 1 aliphatic rings. The van der Waals surface area contributed by atoms with Crippen LogP contribution in [0.4, 0.5) is 5.69 Å². The Hall–Kier alpha value is -1.24. The summed E-state index contributed by atoms with van der Waals surface area (Å²) in [6.07, 6.45) is 3.50. The third kappa shape index (κ3) is 3.12. The van der Waals surface area contributed by atoms with Crippen LogP contribution in [0.5, 0.6) is 0 Å². The van der Waals surface area contributed by atoms with Crippen LogP contribution >= 0.6 is 11.6 Å². The molecule has 2 N–H and O–H groups in total. The largest absolute Gasteiger partial charge is 0.393 e. The second kappa shape index (κ2) is 5.39. The van der Waals surface area contributed by atoms with Crippen LogP contribution in [0.1, 0.15) is 31.2 Å². The van der Waals surface area contributed by atoms with Gasteiger partial charge in [-0.05, 0) is 43.9 Å². The highest BCUT2D eigenvalue weighted by Crippen LogP contribution is 2.25. The fourth-order valence-electron chi connectivity index (χ4n) is 2.15. The Kier molecular flexibility index (Phi) is 3.88. The molecule has 0 spiro atoms. The van der Waals surface area contributed by atoms with Crippen LogP contribution in [0.3, 0.4) is 0 Å². The third-order valence-electron chi connectivity index (χ3n) is 3.16. The molecule has 1 fully saturated rings. The van der Waals surface area contributed by atoms with E-state index in [4.69, 9.17) is 16.9 Å². The number of aliphatic hydroxyl groups excluding tert-OH is 1. The number of hydrogen-bond acceptors (Lipinski definition) is 3. The molecular formula is C13H15ClN2O. The van der Waals surface area contributed by atoms with Crippen molar-refractivity contribution in [2.45, 2.75) is 37.8 Å². The molecule has 0 unspecified atom stereocenters. The van der Waals surface area contributed by atoms with Gasteiger partial charge in [0.2, 0.25) is 0 Å². The predicted octanol–water partition coefficient (Wildman–Crippen LogP) is 2.93. The summed E-state index contributed by atoms with van der Waals surface area (Å²) in [7, 11) is 0. The number of rotatable bonds is 2. The monoisotopic (exact) mass is 250 g/mol. The van der Waals surface area contributed by atoms with Crippen LogP contribution in [-0.2, 0) is 0 Å². The maximum absolute atomic E-state index is 9.42. The molecular weight excluding hydrogens is 236 g/mol. The summed E-state index contributed by atoms with van der Waals surface area (Å²) in [5, 5.41) is 22.1. The number of nitrogens with one attached hydrogen (secondary N) is 1. The van der Waals surface area contributed by atoms with Gasteiger partial charge in [0.1, 0.15) is 6.07 Å². The van der Waals surface area contributed by atoms with Gasteiger partial charge in [-0.1, -0.05) is 11.6 Å². The summed E-state index contributed by atoms with van der Waals surface area (Å²) >= 11 is 5.97. The molecule has 2 rings (SSSR count). The average molecular weight is 251 g/mol. The standard InChI is InChI=1S/C13H15ClN2O/c14-13-7-11(2-1-9(13)8-15)16-10-3-5-12(17)6-4-10/h1-2,7,10,12,16-17H,3-6H2. The van der Waals surface area contributed by atoms with Gasteiger partial charge in [-0.2, -0.15) is 5.26 Å². The number of anilines is 1. The summed E-state index contributed by atoms with van der Waals surface area (Å²) in [6.45, 7) is 0. The predicted molar refractivity (Wildman–Crippen MR) is 68.1 cm³/mol. The summed E-state index contributed by atoms with van der Waals surface area (Å²) in [4.78, 5) is 0. The molecule has 4 heteroatoms. The van der Waals surface area contributed by atoms with Gasteiger partial charge < -0.3 is 10.4 Å². The maximum Gasteiger partial charge on any atom is 0.101 e. The Balaban J connectivity index is 2.00. The zero-order chi connectivity index (χ0) is 12.3. The Morgan fingerprint density at radius 1 is 1.29 bits per heavy atom. The van der Waals surface area contributed by atoms with Gasteiger partial charge in [0, 0.05) is 11.7 Å². The van der Waals surface area contributed by atoms with Crippen molar-refractivity contribution in [2.75, 3.05) is 5.32 Å². The summed E-state index contributed by atoms with van der Waals surface area (Å²) in [5.74, 6) is 0. The molecule has 0 heterocycles. The van der Waals surface area contributed by atoms with Crippen LogP contribution in [-0.4, -0.2) is 17.3 Å². The van der Waals surface area contributed by atoms with Crippen molar-refractivity contribution < 1.29 is 5.11 Å². The van der Waals surface area contributed by atoms with Crippen molar-refractivity contribution in [3.8, 4) is 6.07 Å². The Morgan fingerprint density at radius 2 is 2.00 bits per heavy atom. The van der Waals surface area contributed by atoms with Crippen molar-refractivity contribution in [3.63, 3.8) is 0 Å². The highest BCUT2D eigenvalue weighted by Gasteiger charge is 2.19. The molecule has 0 aromatic heterocycles. The zero-order valence-electron chi connectivity index (χ0n) is 9.49. The molecule has 0 bridgehead atoms. The molecule has 0 aliphatic heterocycles. The van der Waals surface area contributed by atoms with Gasteiger partial charge >= 0.3 is 0 Å². The lowest BCUT2D eigenvalue weighted by Gasteiger charge is -2.27. The Morgan fingerprint density at radius 3 is 2.59 bits per heavy atom. The van der Waals surface area contributed by atoms with E-state index in [-0.39, 0.29) is 6.10 Å². The average Bonchev–Trinajstić information content (AvgIpc) is 2.32. The smallest absolute Gasteiger partial charge is 0.101 e. The molecule has 1 aromatic rings. The number of halogens is 1.